The summed E-state index contributed by atoms with van der Waals surface area (Å²) in [7, 11) is 0. The number of carbonyl (C=O) groups excluding carboxylic acids is 1. The van der Waals surface area contributed by atoms with E-state index < -0.39 is 6.04 Å². The zero-order valence-electron chi connectivity index (χ0n) is 17.7. The first-order valence-corrected chi connectivity index (χ1v) is 10.6. The van der Waals surface area contributed by atoms with Crippen molar-refractivity contribution in [3.63, 3.8) is 0 Å². The van der Waals surface area contributed by atoms with E-state index in [0.29, 0.717) is 44.2 Å². The Bertz CT molecular complexity index is 1580. The molecule has 0 aliphatic heterocycles. The van der Waals surface area contributed by atoms with Crippen molar-refractivity contribution in [1.29, 1.82) is 0 Å². The number of fused-ring (bicyclic) bond motifs is 2. The highest BCUT2D eigenvalue weighted by Crippen LogP contribution is 2.23. The monoisotopic (exact) mass is 459 g/mol. The van der Waals surface area contributed by atoms with Crippen LogP contribution in [-0.4, -0.2) is 35.3 Å². The maximum atomic E-state index is 13.5. The van der Waals surface area contributed by atoms with Crippen LogP contribution in [-0.2, 0) is 0 Å². The van der Waals surface area contributed by atoms with Gasteiger partial charge in [-0.1, -0.05) is 35.9 Å². The second kappa shape index (κ2) is 8.10. The second-order valence-electron chi connectivity index (χ2n) is 7.52. The maximum Gasteiger partial charge on any atom is 0.267 e. The molecular formula is C23H18ClN7O2. The molecule has 0 saturated heterocycles. The van der Waals surface area contributed by atoms with Crippen LogP contribution in [0, 0.1) is 6.92 Å². The average Bonchev–Trinajstić information content (AvgIpc) is 3.15. The SMILES string of the molecule is Cc1nn2ncncc2c1C(=O)N[C@@H](C)c1nc2cccc(Cl)c2c(=O)n1-c1ccccc1. The number of benzene rings is 2. The highest BCUT2D eigenvalue weighted by Gasteiger charge is 2.24. The predicted molar refractivity (Wildman–Crippen MR) is 124 cm³/mol. The molecule has 0 fully saturated rings. The van der Waals surface area contributed by atoms with Crippen LogP contribution < -0.4 is 10.9 Å². The standard InChI is InChI=1S/C23H18ClN7O2/c1-13-19(18-11-25-12-26-31(18)29-13)22(32)27-14(2)21-28-17-10-6-9-16(24)20(17)23(33)30(21)15-7-4-3-5-8-15/h3-12,14H,1-2H3,(H,27,32)/t14-/m0/s1. The number of nitrogens with one attached hydrogen (secondary N) is 1. The van der Waals surface area contributed by atoms with Gasteiger partial charge in [-0.05, 0) is 38.1 Å². The maximum absolute atomic E-state index is 13.5. The number of aryl methyl sites for hydroxylation is 1. The topological polar surface area (TPSA) is 107 Å². The van der Waals surface area contributed by atoms with E-state index in [1.165, 1.54) is 21.7 Å². The number of halogens is 1. The Labute approximate surface area is 192 Å². The van der Waals surface area contributed by atoms with Gasteiger partial charge in [-0.15, -0.1) is 9.73 Å². The molecule has 0 aliphatic carbocycles. The van der Waals surface area contributed by atoms with Gasteiger partial charge in [0.05, 0.1) is 45.1 Å². The fraction of sp³-hybridized carbons (Fsp3) is 0.130. The first-order valence-electron chi connectivity index (χ1n) is 10.2. The minimum atomic E-state index is -0.618. The quantitative estimate of drug-likeness (QED) is 0.442. The first-order chi connectivity index (χ1) is 16.0. The van der Waals surface area contributed by atoms with Crippen molar-refractivity contribution in [2.24, 2.45) is 0 Å². The van der Waals surface area contributed by atoms with E-state index in [0.717, 1.165) is 0 Å². The van der Waals surface area contributed by atoms with E-state index in [-0.39, 0.29) is 11.5 Å². The molecule has 0 bridgehead atoms. The summed E-state index contributed by atoms with van der Waals surface area (Å²) >= 11 is 6.33. The van der Waals surface area contributed by atoms with E-state index in [2.05, 4.69) is 20.5 Å². The Hall–Kier alpha value is -4.11. The number of aromatic nitrogens is 6. The number of carbonyl (C=O) groups is 1. The van der Waals surface area contributed by atoms with Gasteiger partial charge >= 0.3 is 0 Å². The van der Waals surface area contributed by atoms with Crippen LogP contribution in [0.1, 0.15) is 34.8 Å². The van der Waals surface area contributed by atoms with Crippen LogP contribution in [0.2, 0.25) is 5.02 Å². The third-order valence-electron chi connectivity index (χ3n) is 5.35. The predicted octanol–water partition coefficient (Wildman–Crippen LogP) is 3.28. The van der Waals surface area contributed by atoms with Gasteiger partial charge < -0.3 is 5.32 Å². The lowest BCUT2D eigenvalue weighted by molar-refractivity contribution is 0.0939. The third-order valence-corrected chi connectivity index (χ3v) is 5.67. The van der Waals surface area contributed by atoms with Gasteiger partial charge in [0.2, 0.25) is 0 Å². The molecular weight excluding hydrogens is 442 g/mol. The fourth-order valence-electron chi connectivity index (χ4n) is 3.86. The van der Waals surface area contributed by atoms with Crippen LogP contribution in [0.5, 0.6) is 0 Å². The highest BCUT2D eigenvalue weighted by atomic mass is 35.5. The normalized spacial score (nSPS) is 12.2. The lowest BCUT2D eigenvalue weighted by Crippen LogP contribution is -2.33. The van der Waals surface area contributed by atoms with Crippen molar-refractivity contribution in [2.75, 3.05) is 0 Å². The van der Waals surface area contributed by atoms with Crippen molar-refractivity contribution in [3.8, 4) is 5.69 Å². The van der Waals surface area contributed by atoms with Gasteiger partial charge in [0.25, 0.3) is 11.5 Å². The van der Waals surface area contributed by atoms with E-state index >= 15 is 0 Å². The van der Waals surface area contributed by atoms with E-state index in [1.807, 2.05) is 18.2 Å². The molecule has 0 spiro atoms. The number of amides is 1. The van der Waals surface area contributed by atoms with E-state index in [1.54, 1.807) is 44.2 Å². The van der Waals surface area contributed by atoms with Gasteiger partial charge in [0, 0.05) is 0 Å². The van der Waals surface area contributed by atoms with Gasteiger partial charge in [-0.3, -0.25) is 14.2 Å². The number of hydrogen-bond donors (Lipinski definition) is 1. The summed E-state index contributed by atoms with van der Waals surface area (Å²) in [6.45, 7) is 3.50. The van der Waals surface area contributed by atoms with Gasteiger partial charge in [-0.25, -0.2) is 9.97 Å². The number of rotatable bonds is 4. The van der Waals surface area contributed by atoms with Crippen LogP contribution >= 0.6 is 11.6 Å². The minimum Gasteiger partial charge on any atom is -0.342 e. The molecule has 33 heavy (non-hydrogen) atoms. The van der Waals surface area contributed by atoms with Gasteiger partial charge in [0.15, 0.2) is 0 Å². The summed E-state index contributed by atoms with van der Waals surface area (Å²) < 4.78 is 2.84. The molecule has 0 unspecified atom stereocenters. The third kappa shape index (κ3) is 3.52. The van der Waals surface area contributed by atoms with Crippen molar-refractivity contribution >= 4 is 33.9 Å². The number of para-hydroxylation sites is 1. The smallest absolute Gasteiger partial charge is 0.267 e. The number of nitrogens with zero attached hydrogens (tertiary/aromatic N) is 6. The Kier molecular flexibility index (Phi) is 5.10. The molecule has 1 atom stereocenters. The van der Waals surface area contributed by atoms with Crippen LogP contribution in [0.4, 0.5) is 0 Å². The van der Waals surface area contributed by atoms with E-state index in [9.17, 15) is 9.59 Å². The molecule has 1 N–H and O–H groups in total. The molecule has 3 heterocycles. The molecule has 5 rings (SSSR count). The first kappa shape index (κ1) is 20.8. The Morgan fingerprint density at radius 2 is 1.91 bits per heavy atom. The Morgan fingerprint density at radius 3 is 2.70 bits per heavy atom. The van der Waals surface area contributed by atoms with Gasteiger partial charge in [-0.2, -0.15) is 5.10 Å². The molecule has 0 aliphatic rings. The molecule has 9 nitrogen and oxygen atoms in total. The molecule has 0 radical (unpaired) electrons. The molecule has 3 aromatic heterocycles. The summed E-state index contributed by atoms with van der Waals surface area (Å²) in [5.41, 5.74) is 2.12. The van der Waals surface area contributed by atoms with Crippen LogP contribution in [0.15, 0.2) is 65.8 Å². The average molecular weight is 460 g/mol. The summed E-state index contributed by atoms with van der Waals surface area (Å²) in [4.78, 5) is 35.4. The van der Waals surface area contributed by atoms with Crippen molar-refractivity contribution in [3.05, 3.63) is 93.5 Å². The summed E-state index contributed by atoms with van der Waals surface area (Å²) in [5.74, 6) is 0.00421. The lowest BCUT2D eigenvalue weighted by atomic mass is 10.1. The minimum absolute atomic E-state index is 0.312. The second-order valence-corrected chi connectivity index (χ2v) is 7.93. The molecule has 1 amide bonds. The zero-order valence-corrected chi connectivity index (χ0v) is 18.5. The highest BCUT2D eigenvalue weighted by molar-refractivity contribution is 6.35. The van der Waals surface area contributed by atoms with E-state index in [4.69, 9.17) is 16.6 Å². The molecule has 10 heteroatoms. The lowest BCUT2D eigenvalue weighted by Gasteiger charge is -2.20. The Balaban J connectivity index is 1.64. The summed E-state index contributed by atoms with van der Waals surface area (Å²) in [6, 6.07) is 13.6. The molecule has 5 aromatic rings. The van der Waals surface area contributed by atoms with Crippen LogP contribution in [0.25, 0.3) is 22.1 Å². The fourth-order valence-corrected chi connectivity index (χ4v) is 4.11. The summed E-state index contributed by atoms with van der Waals surface area (Å²) in [5, 5.41) is 11.9. The Morgan fingerprint density at radius 1 is 1.12 bits per heavy atom. The largest absolute Gasteiger partial charge is 0.342 e. The van der Waals surface area contributed by atoms with Crippen molar-refractivity contribution < 1.29 is 4.79 Å². The zero-order chi connectivity index (χ0) is 23.1. The molecule has 164 valence electrons. The molecule has 2 aromatic carbocycles. The van der Waals surface area contributed by atoms with Crippen LogP contribution in [0.3, 0.4) is 0 Å². The number of hydrogen-bond acceptors (Lipinski definition) is 6. The van der Waals surface area contributed by atoms with Crippen molar-refractivity contribution in [1.82, 2.24) is 34.7 Å². The van der Waals surface area contributed by atoms with Gasteiger partial charge in [0.1, 0.15) is 17.7 Å². The van der Waals surface area contributed by atoms with Crippen molar-refractivity contribution in [2.45, 2.75) is 19.9 Å². The summed E-state index contributed by atoms with van der Waals surface area (Å²) in [6.07, 6.45) is 2.88. The molecule has 0 saturated carbocycles.